The standard InChI is InChI=1S/C35H28ClF11N8O4S2/c1-14-6-19-28(31(41)42)50-54(30(19)34(14,43)44)13-24(56)48-21(9-15-7-16(37)10-17(38)8-15)33-49-25(59-60-35(45,46)47)11-26(57)55(33)22-5-4-20(36)27-29(22)53(12-23(39)40)51-32(27)52-61(58)18-2-3-18/h4-5,7-8,10-11,14,18,21,23,31H,2-3,6,9,12-13H2,1H3,(H,48,56)(H,51,52). The Hall–Kier alpha value is -4.75. The van der Waals surface area contributed by atoms with Gasteiger partial charge in [-0.05, 0) is 36.2 Å². The van der Waals surface area contributed by atoms with Crippen LogP contribution < -0.4 is 19.8 Å². The predicted octanol–water partition coefficient (Wildman–Crippen LogP) is 8.08. The molecule has 2 aliphatic carbocycles. The maximum absolute atomic E-state index is 15.3. The molecule has 0 saturated heterocycles. The molecule has 1 amide bonds. The lowest BCUT2D eigenvalue weighted by molar-refractivity contribution is -0.123. The summed E-state index contributed by atoms with van der Waals surface area (Å²) < 4.78 is 178. The van der Waals surface area contributed by atoms with Crippen LogP contribution in [0.5, 0.6) is 5.88 Å². The first kappa shape index (κ1) is 44.3. The fraction of sp³-hybridized carbons (Fsp3) is 0.400. The number of rotatable bonds is 15. The topological polar surface area (TPSA) is 144 Å². The number of nitrogens with zero attached hydrogens (tertiary/aromatic N) is 6. The first-order chi connectivity index (χ1) is 28.6. The van der Waals surface area contributed by atoms with E-state index in [1.165, 1.54) is 0 Å². The second kappa shape index (κ2) is 16.8. The van der Waals surface area contributed by atoms with Crippen LogP contribution in [0.15, 0.2) is 41.2 Å². The summed E-state index contributed by atoms with van der Waals surface area (Å²) in [7, 11) is 0. The number of nitrogens with one attached hydrogen (secondary N) is 2. The number of hydrogen-bond acceptors (Lipinski definition) is 9. The molecule has 3 atom stereocenters. The fourth-order valence-electron chi connectivity index (χ4n) is 6.92. The Morgan fingerprint density at radius 3 is 2.39 bits per heavy atom. The molecule has 12 nitrogen and oxygen atoms in total. The highest BCUT2D eigenvalue weighted by Gasteiger charge is 2.51. The molecule has 3 aromatic heterocycles. The van der Waals surface area contributed by atoms with Gasteiger partial charge in [0.05, 0.1) is 45.1 Å². The highest BCUT2D eigenvalue weighted by molar-refractivity contribution is 7.95. The van der Waals surface area contributed by atoms with Crippen LogP contribution in [0.1, 0.15) is 60.6 Å². The number of carbonyl (C=O) groups excluding carboxylic acids is 1. The molecule has 1 saturated carbocycles. The Morgan fingerprint density at radius 2 is 1.77 bits per heavy atom. The molecule has 0 bridgehead atoms. The summed E-state index contributed by atoms with van der Waals surface area (Å²) in [6.07, 6.45) is -6.58. The van der Waals surface area contributed by atoms with Crippen LogP contribution in [0.3, 0.4) is 0 Å². The summed E-state index contributed by atoms with van der Waals surface area (Å²) in [5.41, 5.74) is -9.89. The van der Waals surface area contributed by atoms with E-state index in [-0.39, 0.29) is 32.6 Å². The van der Waals surface area contributed by atoms with Gasteiger partial charge >= 0.3 is 5.51 Å². The van der Waals surface area contributed by atoms with Crippen molar-refractivity contribution in [2.45, 2.75) is 81.3 Å². The number of hydrogen-bond donors (Lipinski definition) is 2. The van der Waals surface area contributed by atoms with Crippen molar-refractivity contribution in [3.63, 3.8) is 0 Å². The van der Waals surface area contributed by atoms with Gasteiger partial charge in [-0.15, -0.1) is 5.10 Å². The van der Waals surface area contributed by atoms with Crippen molar-refractivity contribution in [1.82, 2.24) is 34.4 Å². The van der Waals surface area contributed by atoms with Crippen LogP contribution in [-0.2, 0) is 48.0 Å². The molecule has 3 heterocycles. The van der Waals surface area contributed by atoms with E-state index in [0.29, 0.717) is 38.9 Å². The number of amides is 1. The van der Waals surface area contributed by atoms with Gasteiger partial charge in [-0.3, -0.25) is 23.5 Å². The average molecular weight is 933 g/mol. The van der Waals surface area contributed by atoms with Gasteiger partial charge in [0.25, 0.3) is 24.3 Å². The number of benzene rings is 2. The van der Waals surface area contributed by atoms with Gasteiger partial charge in [-0.1, -0.05) is 18.5 Å². The number of alkyl halides is 9. The van der Waals surface area contributed by atoms with Gasteiger partial charge in [-0.2, -0.15) is 36.8 Å². The molecule has 5 aromatic rings. The molecular formula is C35H28ClF11N8O4S2. The summed E-state index contributed by atoms with van der Waals surface area (Å²) in [5.74, 6) is -10.9. The normalized spacial score (nSPS) is 17.3. The summed E-state index contributed by atoms with van der Waals surface area (Å²) in [6, 6.07) is 2.84. The first-order valence-corrected chi connectivity index (χ1v) is 20.2. The van der Waals surface area contributed by atoms with E-state index in [0.717, 1.165) is 31.2 Å². The predicted molar refractivity (Wildman–Crippen MR) is 198 cm³/mol. The highest BCUT2D eigenvalue weighted by atomic mass is 35.5. The van der Waals surface area contributed by atoms with E-state index >= 15 is 8.78 Å². The van der Waals surface area contributed by atoms with Crippen LogP contribution in [0.25, 0.3) is 16.6 Å². The van der Waals surface area contributed by atoms with Crippen molar-refractivity contribution in [2.24, 2.45) is 5.92 Å². The van der Waals surface area contributed by atoms with Gasteiger partial charge in [0.15, 0.2) is 12.0 Å². The van der Waals surface area contributed by atoms with E-state index < -0.39 is 143 Å². The molecule has 0 radical (unpaired) electrons. The SMILES string of the molecule is CC1Cc2c(C(F)F)nn(CC(=O)NC(Cc3cc(F)cc(F)c3)c3nc(OSC(F)(F)F)cc(=O)n3-c3ccc(Cl)c4c(N[S+]([O-])C5CC5)nn(CC(F)F)c34)c2C1(F)F. The van der Waals surface area contributed by atoms with Crippen molar-refractivity contribution >= 4 is 57.6 Å². The monoisotopic (exact) mass is 932 g/mol. The smallest absolute Gasteiger partial charge is 0.479 e. The maximum atomic E-state index is 15.3. The Bertz CT molecular complexity index is 2530. The Kier molecular flexibility index (Phi) is 12.2. The first-order valence-electron chi connectivity index (χ1n) is 17.8. The summed E-state index contributed by atoms with van der Waals surface area (Å²) in [6.45, 7) is -1.27. The molecule has 2 aromatic carbocycles. The lowest BCUT2D eigenvalue weighted by atomic mass is 10.0. The van der Waals surface area contributed by atoms with Crippen molar-refractivity contribution in [3.05, 3.63) is 91.7 Å². The van der Waals surface area contributed by atoms with E-state index in [4.69, 9.17) is 11.6 Å². The lowest BCUT2D eigenvalue weighted by Crippen LogP contribution is -2.38. The van der Waals surface area contributed by atoms with Gasteiger partial charge in [0.2, 0.25) is 17.6 Å². The van der Waals surface area contributed by atoms with Gasteiger partial charge in [0.1, 0.15) is 47.2 Å². The minimum absolute atomic E-state index is 0.162. The second-order valence-corrected chi connectivity index (χ2v) is 16.7. The molecule has 0 spiro atoms. The van der Waals surface area contributed by atoms with Gasteiger partial charge < -0.3 is 14.1 Å². The van der Waals surface area contributed by atoms with Crippen molar-refractivity contribution < 1.29 is 61.8 Å². The van der Waals surface area contributed by atoms with Crippen molar-refractivity contribution in [1.29, 1.82) is 0 Å². The number of carbonyl (C=O) groups is 1. The average Bonchev–Trinajstić information content (AvgIpc) is 3.80. The van der Waals surface area contributed by atoms with Crippen LogP contribution >= 0.6 is 23.6 Å². The van der Waals surface area contributed by atoms with E-state index in [1.54, 1.807) is 0 Å². The summed E-state index contributed by atoms with van der Waals surface area (Å²) in [4.78, 5) is 32.0. The third-order valence-electron chi connectivity index (χ3n) is 9.58. The molecule has 7 rings (SSSR count). The largest absolute Gasteiger partial charge is 0.593 e. The minimum Gasteiger partial charge on any atom is -0.593 e. The van der Waals surface area contributed by atoms with Crippen LogP contribution in [-0.4, -0.2) is 56.8 Å². The van der Waals surface area contributed by atoms with E-state index in [2.05, 4.69) is 29.4 Å². The van der Waals surface area contributed by atoms with E-state index in [1.807, 2.05) is 0 Å². The third-order valence-corrected chi connectivity index (χ3v) is 11.8. The Morgan fingerprint density at radius 1 is 1.08 bits per heavy atom. The number of anilines is 1. The summed E-state index contributed by atoms with van der Waals surface area (Å²) in [5, 5.41) is 9.37. The fourth-order valence-corrected chi connectivity index (χ4v) is 8.49. The lowest BCUT2D eigenvalue weighted by Gasteiger charge is -2.24. The highest BCUT2D eigenvalue weighted by Crippen LogP contribution is 2.48. The number of fused-ring (bicyclic) bond motifs is 2. The van der Waals surface area contributed by atoms with Crippen LogP contribution in [0.4, 0.5) is 54.1 Å². The maximum Gasteiger partial charge on any atom is 0.479 e. The van der Waals surface area contributed by atoms with Crippen molar-refractivity contribution in [2.75, 3.05) is 4.72 Å². The number of aromatic nitrogens is 6. The third kappa shape index (κ3) is 9.38. The molecule has 26 heteroatoms. The van der Waals surface area contributed by atoms with Gasteiger partial charge in [0, 0.05) is 36.8 Å². The van der Waals surface area contributed by atoms with Crippen LogP contribution in [0.2, 0.25) is 5.02 Å². The molecule has 0 aliphatic heterocycles. The Balaban J connectivity index is 1.42. The van der Waals surface area contributed by atoms with E-state index in [9.17, 15) is 53.7 Å². The number of halogens is 12. The minimum atomic E-state index is -5.07. The quantitative estimate of drug-likeness (QED) is 0.0605. The molecule has 2 aliphatic rings. The molecular weight excluding hydrogens is 905 g/mol. The molecule has 61 heavy (non-hydrogen) atoms. The molecule has 328 valence electrons. The van der Waals surface area contributed by atoms with Gasteiger partial charge in [-0.25, -0.2) is 26.3 Å². The second-order valence-electron chi connectivity index (χ2n) is 14.1. The zero-order valence-corrected chi connectivity index (χ0v) is 33.2. The van der Waals surface area contributed by atoms with Crippen molar-refractivity contribution in [3.8, 4) is 11.6 Å². The van der Waals surface area contributed by atoms with Crippen LogP contribution in [0, 0.1) is 17.6 Å². The molecule has 3 unspecified atom stereocenters. The Labute approximate surface area is 348 Å². The molecule has 1 fully saturated rings. The summed E-state index contributed by atoms with van der Waals surface area (Å²) >= 11 is 3.64. The zero-order chi connectivity index (χ0) is 44.3. The zero-order valence-electron chi connectivity index (χ0n) is 30.8. The molecule has 2 N–H and O–H groups in total.